The van der Waals surface area contributed by atoms with Crippen LogP contribution in [-0.2, 0) is 11.3 Å². The van der Waals surface area contributed by atoms with Crippen LogP contribution in [0.4, 0.5) is 4.79 Å². The molecule has 2 fully saturated rings. The first kappa shape index (κ1) is 17.7. The molecule has 5 nitrogen and oxygen atoms in total. The minimum atomic E-state index is 0.0756. The number of carbonyl (C=O) groups excluding carboxylic acids is 1. The topological polar surface area (TPSA) is 44.8 Å². The molecule has 2 aliphatic rings. The first-order valence-electron chi connectivity index (χ1n) is 9.20. The van der Waals surface area contributed by atoms with Gasteiger partial charge in [-0.1, -0.05) is 18.9 Å². The summed E-state index contributed by atoms with van der Waals surface area (Å²) in [7, 11) is 0. The van der Waals surface area contributed by atoms with Crippen molar-refractivity contribution in [3.63, 3.8) is 0 Å². The molecule has 1 saturated carbocycles. The van der Waals surface area contributed by atoms with Gasteiger partial charge in [-0.2, -0.15) is 0 Å². The molecule has 6 heteroatoms. The number of hydrogen-bond acceptors (Lipinski definition) is 4. The van der Waals surface area contributed by atoms with Gasteiger partial charge in [-0.3, -0.25) is 4.90 Å². The van der Waals surface area contributed by atoms with E-state index in [1.807, 2.05) is 4.90 Å². The Hall–Kier alpha value is -1.11. The third kappa shape index (κ3) is 5.46. The molecule has 0 aromatic carbocycles. The van der Waals surface area contributed by atoms with Crippen LogP contribution < -0.4 is 5.32 Å². The maximum atomic E-state index is 12.2. The number of carbonyl (C=O) groups is 1. The minimum absolute atomic E-state index is 0.0756. The number of nitrogens with zero attached hydrogens (tertiary/aromatic N) is 2. The van der Waals surface area contributed by atoms with E-state index in [1.54, 1.807) is 11.3 Å². The van der Waals surface area contributed by atoms with Crippen molar-refractivity contribution in [1.29, 1.82) is 0 Å². The van der Waals surface area contributed by atoms with Gasteiger partial charge in [0.05, 0.1) is 6.10 Å². The fourth-order valence-electron chi connectivity index (χ4n) is 3.42. The highest BCUT2D eigenvalue weighted by atomic mass is 32.1. The smallest absolute Gasteiger partial charge is 0.317 e. The maximum Gasteiger partial charge on any atom is 0.317 e. The number of rotatable bonds is 7. The van der Waals surface area contributed by atoms with Crippen molar-refractivity contribution in [2.75, 3.05) is 39.3 Å². The summed E-state index contributed by atoms with van der Waals surface area (Å²) in [6.07, 6.45) is 6.40. The largest absolute Gasteiger partial charge is 0.378 e. The number of hydrogen-bond donors (Lipinski definition) is 1. The average molecular weight is 352 g/mol. The fourth-order valence-corrected chi connectivity index (χ4v) is 4.16. The van der Waals surface area contributed by atoms with Crippen molar-refractivity contribution in [2.24, 2.45) is 0 Å². The Morgan fingerprint density at radius 3 is 2.75 bits per heavy atom. The molecule has 0 bridgehead atoms. The molecule has 1 aliphatic heterocycles. The number of piperazine rings is 1. The highest BCUT2D eigenvalue weighted by molar-refractivity contribution is 7.09. The Morgan fingerprint density at radius 1 is 1.25 bits per heavy atom. The van der Waals surface area contributed by atoms with Gasteiger partial charge < -0.3 is 15.0 Å². The van der Waals surface area contributed by atoms with E-state index >= 15 is 0 Å². The molecule has 24 heavy (non-hydrogen) atoms. The van der Waals surface area contributed by atoms with Crippen molar-refractivity contribution in [3.05, 3.63) is 22.4 Å². The lowest BCUT2D eigenvalue weighted by atomic mass is 10.3. The van der Waals surface area contributed by atoms with Gasteiger partial charge in [-0.15, -0.1) is 11.3 Å². The van der Waals surface area contributed by atoms with Gasteiger partial charge in [0.15, 0.2) is 0 Å². The number of ether oxygens (including phenoxy) is 1. The van der Waals surface area contributed by atoms with Gasteiger partial charge in [-0.05, 0) is 30.7 Å². The molecule has 0 radical (unpaired) electrons. The minimum Gasteiger partial charge on any atom is -0.378 e. The van der Waals surface area contributed by atoms with E-state index < -0.39 is 0 Å². The molecule has 2 amide bonds. The summed E-state index contributed by atoms with van der Waals surface area (Å²) < 4.78 is 5.82. The summed E-state index contributed by atoms with van der Waals surface area (Å²) in [6, 6.07) is 4.35. The van der Waals surface area contributed by atoms with Crippen molar-refractivity contribution < 1.29 is 9.53 Å². The van der Waals surface area contributed by atoms with Crippen molar-refractivity contribution in [1.82, 2.24) is 15.1 Å². The zero-order valence-corrected chi connectivity index (χ0v) is 15.2. The Bertz CT molecular complexity index is 480. The molecule has 134 valence electrons. The number of amides is 2. The van der Waals surface area contributed by atoms with Crippen molar-refractivity contribution >= 4 is 17.4 Å². The fraction of sp³-hybridized carbons (Fsp3) is 0.722. The van der Waals surface area contributed by atoms with E-state index in [-0.39, 0.29) is 6.03 Å². The monoisotopic (exact) mass is 351 g/mol. The van der Waals surface area contributed by atoms with Crippen LogP contribution in [0.1, 0.15) is 37.0 Å². The molecule has 0 atom stereocenters. The summed E-state index contributed by atoms with van der Waals surface area (Å²) in [5.74, 6) is 0. The van der Waals surface area contributed by atoms with E-state index in [9.17, 15) is 4.79 Å². The Labute approximate surface area is 149 Å². The van der Waals surface area contributed by atoms with Gasteiger partial charge >= 0.3 is 6.03 Å². The van der Waals surface area contributed by atoms with Crippen LogP contribution in [0, 0.1) is 0 Å². The highest BCUT2D eigenvalue weighted by Crippen LogP contribution is 2.20. The van der Waals surface area contributed by atoms with Crippen LogP contribution in [0.15, 0.2) is 17.5 Å². The molecular weight excluding hydrogens is 322 g/mol. The predicted molar refractivity (Wildman–Crippen MR) is 97.4 cm³/mol. The van der Waals surface area contributed by atoms with Crippen LogP contribution in [0.25, 0.3) is 0 Å². The molecule has 1 aliphatic carbocycles. The second kappa shape index (κ2) is 9.39. The van der Waals surface area contributed by atoms with E-state index in [1.165, 1.54) is 30.6 Å². The molecule has 0 spiro atoms. The Kier molecular flexibility index (Phi) is 6.93. The maximum absolute atomic E-state index is 12.2. The molecule has 1 aromatic heterocycles. The third-order valence-corrected chi connectivity index (χ3v) is 5.73. The van der Waals surface area contributed by atoms with E-state index in [0.717, 1.165) is 45.8 Å². The number of thiophene rings is 1. The molecular formula is C18H29N3O2S. The van der Waals surface area contributed by atoms with Gasteiger partial charge in [0, 0.05) is 50.8 Å². The molecule has 0 unspecified atom stereocenters. The molecule has 1 aromatic rings. The lowest BCUT2D eigenvalue weighted by Crippen LogP contribution is -2.51. The SMILES string of the molecule is O=C(NCCCOC1CCCC1)N1CCN(Cc2cccs2)CC1. The summed E-state index contributed by atoms with van der Waals surface area (Å²) in [5.41, 5.74) is 0. The lowest BCUT2D eigenvalue weighted by Gasteiger charge is -2.34. The molecule has 1 N–H and O–H groups in total. The second-order valence-corrected chi connectivity index (χ2v) is 7.74. The van der Waals surface area contributed by atoms with Crippen molar-refractivity contribution in [2.45, 2.75) is 44.8 Å². The summed E-state index contributed by atoms with van der Waals surface area (Å²) in [6.45, 7) is 6.02. The summed E-state index contributed by atoms with van der Waals surface area (Å²) >= 11 is 1.80. The van der Waals surface area contributed by atoms with Gasteiger partial charge in [0.2, 0.25) is 0 Å². The van der Waals surface area contributed by atoms with Crippen LogP contribution in [0.3, 0.4) is 0 Å². The average Bonchev–Trinajstić information content (AvgIpc) is 3.29. The Balaban J connectivity index is 1.25. The lowest BCUT2D eigenvalue weighted by molar-refractivity contribution is 0.0568. The van der Waals surface area contributed by atoms with Crippen molar-refractivity contribution in [3.8, 4) is 0 Å². The van der Waals surface area contributed by atoms with Crippen LogP contribution in [0.5, 0.6) is 0 Å². The van der Waals surface area contributed by atoms with E-state index in [4.69, 9.17) is 4.74 Å². The normalized spacial score (nSPS) is 19.8. The number of nitrogens with one attached hydrogen (secondary N) is 1. The standard InChI is InChI=1S/C18H29N3O2S/c22-18(19-8-4-13-23-16-5-1-2-6-16)21-11-9-20(10-12-21)15-17-7-3-14-24-17/h3,7,14,16H,1-2,4-6,8-13,15H2,(H,19,22). The quantitative estimate of drug-likeness (QED) is 0.768. The van der Waals surface area contributed by atoms with E-state index in [0.29, 0.717) is 12.6 Å². The molecule has 2 heterocycles. The van der Waals surface area contributed by atoms with Crippen LogP contribution in [0.2, 0.25) is 0 Å². The van der Waals surface area contributed by atoms with Gasteiger partial charge in [-0.25, -0.2) is 4.79 Å². The predicted octanol–water partition coefficient (Wildman–Crippen LogP) is 2.92. The highest BCUT2D eigenvalue weighted by Gasteiger charge is 2.21. The number of urea groups is 1. The molecule has 3 rings (SSSR count). The third-order valence-electron chi connectivity index (χ3n) is 4.87. The molecule has 1 saturated heterocycles. The Morgan fingerprint density at radius 2 is 2.04 bits per heavy atom. The second-order valence-electron chi connectivity index (χ2n) is 6.71. The first-order chi connectivity index (χ1) is 11.8. The first-order valence-corrected chi connectivity index (χ1v) is 10.1. The van der Waals surface area contributed by atoms with Crippen LogP contribution in [-0.4, -0.2) is 61.3 Å². The van der Waals surface area contributed by atoms with Gasteiger partial charge in [0.25, 0.3) is 0 Å². The summed E-state index contributed by atoms with van der Waals surface area (Å²) in [4.78, 5) is 18.0. The zero-order valence-electron chi connectivity index (χ0n) is 14.4. The zero-order chi connectivity index (χ0) is 16.6. The van der Waals surface area contributed by atoms with E-state index in [2.05, 4.69) is 27.7 Å². The van der Waals surface area contributed by atoms with Gasteiger partial charge in [0.1, 0.15) is 0 Å². The van der Waals surface area contributed by atoms with Crippen LogP contribution >= 0.6 is 11.3 Å². The summed E-state index contributed by atoms with van der Waals surface area (Å²) in [5, 5.41) is 5.15.